The molecule has 52 valence electrons. The van der Waals surface area contributed by atoms with Crippen LogP contribution in [0.5, 0.6) is 0 Å². The highest BCUT2D eigenvalue weighted by Crippen LogP contribution is 1.81. The average molecular weight is 126 g/mol. The van der Waals surface area contributed by atoms with Crippen molar-refractivity contribution in [3.8, 4) is 6.07 Å². The van der Waals surface area contributed by atoms with E-state index in [1.165, 1.54) is 12.8 Å². The lowest BCUT2D eigenvalue weighted by Gasteiger charge is -1.97. The minimum atomic E-state index is 0.629. The molecule has 0 aliphatic rings. The van der Waals surface area contributed by atoms with Crippen LogP contribution >= 0.6 is 0 Å². The third-order valence-corrected chi connectivity index (χ3v) is 1.12. The smallest absolute Gasteiger partial charge is 0.0635 e. The average Bonchev–Trinajstić information content (AvgIpc) is 1.89. The van der Waals surface area contributed by atoms with Crippen LogP contribution in [0.3, 0.4) is 0 Å². The monoisotopic (exact) mass is 126 g/mol. The van der Waals surface area contributed by atoms with E-state index in [9.17, 15) is 0 Å². The van der Waals surface area contributed by atoms with Crippen molar-refractivity contribution in [2.45, 2.75) is 26.2 Å². The molecule has 0 bridgehead atoms. The van der Waals surface area contributed by atoms with E-state index >= 15 is 0 Å². The summed E-state index contributed by atoms with van der Waals surface area (Å²) in [5.41, 5.74) is 0. The number of rotatable bonds is 5. The van der Waals surface area contributed by atoms with E-state index in [0.29, 0.717) is 6.42 Å². The third-order valence-electron chi connectivity index (χ3n) is 1.12. The zero-order chi connectivity index (χ0) is 6.95. The van der Waals surface area contributed by atoms with Crippen LogP contribution in [0.25, 0.3) is 0 Å². The van der Waals surface area contributed by atoms with Crippen LogP contribution in [-0.4, -0.2) is 13.1 Å². The SMILES string of the molecule is CCCCNCCC#N. The molecule has 0 amide bonds. The molecule has 0 aromatic carbocycles. The van der Waals surface area contributed by atoms with Gasteiger partial charge in [0.05, 0.1) is 6.07 Å². The normalized spacial score (nSPS) is 8.89. The second-order valence-electron chi connectivity index (χ2n) is 2.01. The van der Waals surface area contributed by atoms with Crippen molar-refractivity contribution in [3.05, 3.63) is 0 Å². The largest absolute Gasteiger partial charge is 0.316 e. The van der Waals surface area contributed by atoms with Crippen molar-refractivity contribution in [1.82, 2.24) is 5.32 Å². The van der Waals surface area contributed by atoms with Crippen LogP contribution in [0.1, 0.15) is 26.2 Å². The topological polar surface area (TPSA) is 35.8 Å². The Balaban J connectivity index is 2.69. The van der Waals surface area contributed by atoms with E-state index in [1.807, 2.05) is 0 Å². The predicted octanol–water partition coefficient (Wildman–Crippen LogP) is 1.29. The van der Waals surface area contributed by atoms with Crippen molar-refractivity contribution in [2.24, 2.45) is 0 Å². The fraction of sp³-hybridized carbons (Fsp3) is 0.857. The molecule has 0 aliphatic carbocycles. The molecule has 2 nitrogen and oxygen atoms in total. The molecule has 0 radical (unpaired) electrons. The molecule has 2 heteroatoms. The van der Waals surface area contributed by atoms with Crippen molar-refractivity contribution in [2.75, 3.05) is 13.1 Å². The summed E-state index contributed by atoms with van der Waals surface area (Å²) >= 11 is 0. The summed E-state index contributed by atoms with van der Waals surface area (Å²) in [6.07, 6.45) is 3.06. The van der Waals surface area contributed by atoms with Crippen molar-refractivity contribution in [1.29, 1.82) is 5.26 Å². The Kier molecular flexibility index (Phi) is 6.99. The maximum atomic E-state index is 8.13. The first-order valence-electron chi connectivity index (χ1n) is 3.49. The highest BCUT2D eigenvalue weighted by atomic mass is 14.8. The lowest BCUT2D eigenvalue weighted by atomic mass is 10.3. The standard InChI is InChI=1S/C7H14N2/c1-2-3-6-9-7-4-5-8/h9H,2-4,6-7H2,1H3. The minimum absolute atomic E-state index is 0.629. The Bertz CT molecular complexity index is 83.4. The Morgan fingerprint density at radius 3 is 2.78 bits per heavy atom. The molecule has 0 rings (SSSR count). The van der Waals surface area contributed by atoms with Gasteiger partial charge in [0.15, 0.2) is 0 Å². The molecule has 9 heavy (non-hydrogen) atoms. The minimum Gasteiger partial charge on any atom is -0.316 e. The van der Waals surface area contributed by atoms with Gasteiger partial charge < -0.3 is 5.32 Å². The number of nitrogens with one attached hydrogen (secondary N) is 1. The zero-order valence-corrected chi connectivity index (χ0v) is 5.98. The number of nitriles is 1. The molecule has 0 spiro atoms. The highest BCUT2D eigenvalue weighted by molar-refractivity contribution is 4.69. The molecule has 0 saturated heterocycles. The van der Waals surface area contributed by atoms with Gasteiger partial charge in [0.25, 0.3) is 0 Å². The van der Waals surface area contributed by atoms with Crippen LogP contribution in [0.4, 0.5) is 0 Å². The van der Waals surface area contributed by atoms with Gasteiger partial charge in [-0.1, -0.05) is 13.3 Å². The summed E-state index contributed by atoms with van der Waals surface area (Å²) in [7, 11) is 0. The van der Waals surface area contributed by atoms with E-state index < -0.39 is 0 Å². The first-order valence-corrected chi connectivity index (χ1v) is 3.49. The van der Waals surface area contributed by atoms with Crippen molar-refractivity contribution < 1.29 is 0 Å². The van der Waals surface area contributed by atoms with Gasteiger partial charge in [-0.05, 0) is 13.0 Å². The zero-order valence-electron chi connectivity index (χ0n) is 5.98. The molecular formula is C7H14N2. The second kappa shape index (κ2) is 7.45. The molecule has 0 aromatic rings. The van der Waals surface area contributed by atoms with Crippen LogP contribution in [0.2, 0.25) is 0 Å². The summed E-state index contributed by atoms with van der Waals surface area (Å²) in [6.45, 7) is 4.06. The summed E-state index contributed by atoms with van der Waals surface area (Å²) in [5.74, 6) is 0. The van der Waals surface area contributed by atoms with Gasteiger partial charge in [-0.2, -0.15) is 5.26 Å². The van der Waals surface area contributed by atoms with E-state index in [0.717, 1.165) is 13.1 Å². The Hall–Kier alpha value is -0.550. The van der Waals surface area contributed by atoms with Gasteiger partial charge in [-0.15, -0.1) is 0 Å². The first-order chi connectivity index (χ1) is 4.41. The molecule has 0 unspecified atom stereocenters. The van der Waals surface area contributed by atoms with Crippen molar-refractivity contribution in [3.63, 3.8) is 0 Å². The molecular weight excluding hydrogens is 112 g/mol. The first kappa shape index (κ1) is 8.45. The summed E-state index contributed by atoms with van der Waals surface area (Å²) in [5, 5.41) is 11.3. The fourth-order valence-corrected chi connectivity index (χ4v) is 0.571. The van der Waals surface area contributed by atoms with Crippen LogP contribution in [-0.2, 0) is 0 Å². The van der Waals surface area contributed by atoms with Gasteiger partial charge in [0, 0.05) is 13.0 Å². The van der Waals surface area contributed by atoms with Crippen LogP contribution in [0.15, 0.2) is 0 Å². The Morgan fingerprint density at radius 1 is 1.44 bits per heavy atom. The maximum Gasteiger partial charge on any atom is 0.0635 e. The summed E-state index contributed by atoms with van der Waals surface area (Å²) in [4.78, 5) is 0. The van der Waals surface area contributed by atoms with Gasteiger partial charge in [-0.3, -0.25) is 0 Å². The van der Waals surface area contributed by atoms with E-state index in [2.05, 4.69) is 18.3 Å². The molecule has 0 aliphatic heterocycles. The van der Waals surface area contributed by atoms with Crippen LogP contribution in [0, 0.1) is 11.3 Å². The van der Waals surface area contributed by atoms with Crippen molar-refractivity contribution >= 4 is 0 Å². The molecule has 0 atom stereocenters. The summed E-state index contributed by atoms with van der Waals surface area (Å²) in [6, 6.07) is 2.08. The third kappa shape index (κ3) is 7.45. The number of hydrogen-bond donors (Lipinski definition) is 1. The van der Waals surface area contributed by atoms with Gasteiger partial charge in [0.1, 0.15) is 0 Å². The molecule has 0 fully saturated rings. The second-order valence-corrected chi connectivity index (χ2v) is 2.01. The van der Waals surface area contributed by atoms with E-state index in [-0.39, 0.29) is 0 Å². The molecule has 0 aromatic heterocycles. The number of hydrogen-bond acceptors (Lipinski definition) is 2. The molecule has 0 heterocycles. The highest BCUT2D eigenvalue weighted by Gasteiger charge is 1.83. The lowest BCUT2D eigenvalue weighted by molar-refractivity contribution is 0.647. The fourth-order valence-electron chi connectivity index (χ4n) is 0.571. The quantitative estimate of drug-likeness (QED) is 0.563. The van der Waals surface area contributed by atoms with Crippen LogP contribution < -0.4 is 5.32 Å². The maximum absolute atomic E-state index is 8.13. The Labute approximate surface area is 56.9 Å². The number of unbranched alkanes of at least 4 members (excludes halogenated alkanes) is 1. The molecule has 0 saturated carbocycles. The van der Waals surface area contributed by atoms with Gasteiger partial charge >= 0.3 is 0 Å². The predicted molar refractivity (Wildman–Crippen MR) is 38.0 cm³/mol. The number of nitrogens with zero attached hydrogens (tertiary/aromatic N) is 1. The van der Waals surface area contributed by atoms with Gasteiger partial charge in [-0.25, -0.2) is 0 Å². The Morgan fingerprint density at radius 2 is 2.22 bits per heavy atom. The van der Waals surface area contributed by atoms with Gasteiger partial charge in [0.2, 0.25) is 0 Å². The summed E-state index contributed by atoms with van der Waals surface area (Å²) < 4.78 is 0. The van der Waals surface area contributed by atoms with E-state index in [1.54, 1.807) is 0 Å². The lowest BCUT2D eigenvalue weighted by Crippen LogP contribution is -2.15. The van der Waals surface area contributed by atoms with E-state index in [4.69, 9.17) is 5.26 Å². The molecule has 1 N–H and O–H groups in total.